The molecule has 1 heterocycles. The molecule has 0 radical (unpaired) electrons. The number of rotatable bonds is 6. The van der Waals surface area contributed by atoms with Gasteiger partial charge in [0, 0.05) is 7.05 Å². The highest BCUT2D eigenvalue weighted by Gasteiger charge is 2.18. The number of aromatic nitrogens is 3. The van der Waals surface area contributed by atoms with Crippen LogP contribution in [0.4, 0.5) is 0 Å². The van der Waals surface area contributed by atoms with Crippen LogP contribution < -0.4 is 0 Å². The molecule has 0 N–H and O–H groups in total. The fourth-order valence-corrected chi connectivity index (χ4v) is 3.14. The normalized spacial score (nSPS) is 11.9. The van der Waals surface area contributed by atoms with Gasteiger partial charge in [-0.2, -0.15) is 0 Å². The Morgan fingerprint density at radius 1 is 1.12 bits per heavy atom. The summed E-state index contributed by atoms with van der Waals surface area (Å²) in [6.45, 7) is 2.03. The molecule has 0 aliphatic heterocycles. The van der Waals surface area contributed by atoms with E-state index in [1.165, 1.54) is 11.8 Å². The number of hydrogen-bond acceptors (Lipinski definition) is 4. The van der Waals surface area contributed by atoms with Gasteiger partial charge in [0.05, 0.1) is 17.5 Å². The van der Waals surface area contributed by atoms with Crippen molar-refractivity contribution < 1.29 is 4.79 Å². The van der Waals surface area contributed by atoms with Crippen LogP contribution in [-0.4, -0.2) is 38.4 Å². The van der Waals surface area contributed by atoms with Crippen LogP contribution in [0.15, 0.2) is 72.1 Å². The molecule has 2 aromatic carbocycles. The average Bonchev–Trinajstić information content (AvgIpc) is 3.15. The van der Waals surface area contributed by atoms with Crippen molar-refractivity contribution in [3.63, 3.8) is 0 Å². The van der Waals surface area contributed by atoms with Gasteiger partial charge in [-0.15, -0.1) is 5.10 Å². The van der Waals surface area contributed by atoms with Crippen molar-refractivity contribution >= 4 is 17.7 Å². The number of hydrogen-bond donors (Lipinski definition) is 0. The first-order valence-corrected chi connectivity index (χ1v) is 9.04. The lowest BCUT2D eigenvalue weighted by Gasteiger charge is -2.25. The Bertz CT molecular complexity index is 820. The van der Waals surface area contributed by atoms with Crippen LogP contribution in [0.3, 0.4) is 0 Å². The van der Waals surface area contributed by atoms with Crippen molar-refractivity contribution in [3.8, 4) is 5.69 Å². The molecular formula is C19H20N4OS. The monoisotopic (exact) mass is 352 g/mol. The van der Waals surface area contributed by atoms with Crippen LogP contribution in [0.25, 0.3) is 5.69 Å². The second-order valence-electron chi connectivity index (χ2n) is 5.69. The summed E-state index contributed by atoms with van der Waals surface area (Å²) in [6, 6.07) is 19.8. The van der Waals surface area contributed by atoms with Gasteiger partial charge < -0.3 is 4.90 Å². The topological polar surface area (TPSA) is 51.0 Å². The molecule has 5 nitrogen and oxygen atoms in total. The van der Waals surface area contributed by atoms with Gasteiger partial charge in [-0.25, -0.2) is 9.67 Å². The lowest BCUT2D eigenvalue weighted by atomic mass is 10.1. The van der Waals surface area contributed by atoms with Gasteiger partial charge in [0.15, 0.2) is 0 Å². The Balaban J connectivity index is 1.58. The molecule has 0 fully saturated rings. The Labute approximate surface area is 151 Å². The van der Waals surface area contributed by atoms with Gasteiger partial charge in [-0.05, 0) is 24.6 Å². The first-order chi connectivity index (χ1) is 12.1. The second-order valence-corrected chi connectivity index (χ2v) is 6.63. The highest BCUT2D eigenvalue weighted by Crippen LogP contribution is 2.21. The van der Waals surface area contributed by atoms with Crippen LogP contribution >= 0.6 is 11.8 Å². The standard InChI is InChI=1S/C19H20N4OS/c1-15(16-9-5-3-6-10-16)22(2)18(24)13-25-19-20-14-23(21-19)17-11-7-4-8-12-17/h3-12,14-15H,13H2,1-2H3. The number of nitrogens with zero attached hydrogens (tertiary/aromatic N) is 4. The second kappa shape index (κ2) is 7.98. The molecule has 0 saturated heterocycles. The molecule has 0 aliphatic rings. The summed E-state index contributed by atoms with van der Waals surface area (Å²) in [5, 5.41) is 5.01. The number of benzene rings is 2. The Morgan fingerprint density at radius 3 is 2.44 bits per heavy atom. The third-order valence-electron chi connectivity index (χ3n) is 4.07. The summed E-state index contributed by atoms with van der Waals surface area (Å²) in [4.78, 5) is 18.5. The molecule has 1 atom stereocenters. The van der Waals surface area contributed by atoms with Crippen LogP contribution in [0, 0.1) is 0 Å². The smallest absolute Gasteiger partial charge is 0.233 e. The quantitative estimate of drug-likeness (QED) is 0.636. The number of para-hydroxylation sites is 1. The lowest BCUT2D eigenvalue weighted by Crippen LogP contribution is -2.31. The maximum Gasteiger partial charge on any atom is 0.233 e. The summed E-state index contributed by atoms with van der Waals surface area (Å²) in [6.07, 6.45) is 1.67. The molecule has 1 unspecified atom stereocenters. The molecule has 6 heteroatoms. The van der Waals surface area contributed by atoms with Crippen LogP contribution in [0.2, 0.25) is 0 Å². The molecule has 128 valence electrons. The molecular weight excluding hydrogens is 332 g/mol. The summed E-state index contributed by atoms with van der Waals surface area (Å²) in [7, 11) is 1.83. The third kappa shape index (κ3) is 4.28. The van der Waals surface area contributed by atoms with E-state index in [4.69, 9.17) is 0 Å². The number of carbonyl (C=O) groups excluding carboxylic acids is 1. The largest absolute Gasteiger partial charge is 0.338 e. The van der Waals surface area contributed by atoms with Gasteiger partial charge in [0.2, 0.25) is 11.1 Å². The fourth-order valence-electron chi connectivity index (χ4n) is 2.42. The minimum atomic E-state index is 0.0316. The van der Waals surface area contributed by atoms with E-state index in [9.17, 15) is 4.79 Å². The van der Waals surface area contributed by atoms with Gasteiger partial charge in [-0.1, -0.05) is 60.3 Å². The summed E-state index contributed by atoms with van der Waals surface area (Å²) >= 11 is 1.35. The summed E-state index contributed by atoms with van der Waals surface area (Å²) < 4.78 is 1.71. The Hall–Kier alpha value is -2.60. The zero-order valence-corrected chi connectivity index (χ0v) is 15.1. The van der Waals surface area contributed by atoms with Crippen LogP contribution in [0.5, 0.6) is 0 Å². The number of amides is 1. The SMILES string of the molecule is CC(c1ccccc1)N(C)C(=O)CSc1ncn(-c2ccccc2)n1. The van der Waals surface area contributed by atoms with E-state index in [2.05, 4.69) is 10.1 Å². The highest BCUT2D eigenvalue weighted by molar-refractivity contribution is 7.99. The first kappa shape index (κ1) is 17.2. The predicted octanol–water partition coefficient (Wildman–Crippen LogP) is 3.58. The highest BCUT2D eigenvalue weighted by atomic mass is 32.2. The van der Waals surface area contributed by atoms with Crippen LogP contribution in [0.1, 0.15) is 18.5 Å². The maximum atomic E-state index is 12.5. The van der Waals surface area contributed by atoms with Crippen LogP contribution in [-0.2, 0) is 4.79 Å². The van der Waals surface area contributed by atoms with E-state index in [0.717, 1.165) is 11.3 Å². The molecule has 1 amide bonds. The van der Waals surface area contributed by atoms with E-state index < -0.39 is 0 Å². The van der Waals surface area contributed by atoms with E-state index in [0.29, 0.717) is 10.9 Å². The zero-order chi connectivity index (χ0) is 17.6. The minimum Gasteiger partial charge on any atom is -0.338 e. The van der Waals surface area contributed by atoms with E-state index >= 15 is 0 Å². The van der Waals surface area contributed by atoms with Crippen molar-refractivity contribution in [2.75, 3.05) is 12.8 Å². The van der Waals surface area contributed by atoms with Crippen molar-refractivity contribution in [2.24, 2.45) is 0 Å². The zero-order valence-electron chi connectivity index (χ0n) is 14.2. The van der Waals surface area contributed by atoms with Gasteiger partial charge in [0.1, 0.15) is 6.33 Å². The Morgan fingerprint density at radius 2 is 1.76 bits per heavy atom. The summed E-state index contributed by atoms with van der Waals surface area (Å²) in [5.74, 6) is 0.365. The van der Waals surface area contributed by atoms with Crippen molar-refractivity contribution in [1.82, 2.24) is 19.7 Å². The Kier molecular flexibility index (Phi) is 5.50. The molecule has 3 rings (SSSR count). The van der Waals surface area contributed by atoms with E-state index in [1.807, 2.05) is 74.6 Å². The van der Waals surface area contributed by atoms with Crippen molar-refractivity contribution in [2.45, 2.75) is 18.1 Å². The molecule has 0 bridgehead atoms. The molecule has 1 aromatic heterocycles. The van der Waals surface area contributed by atoms with E-state index in [1.54, 1.807) is 15.9 Å². The van der Waals surface area contributed by atoms with Gasteiger partial charge in [-0.3, -0.25) is 4.79 Å². The van der Waals surface area contributed by atoms with Crippen molar-refractivity contribution in [1.29, 1.82) is 0 Å². The molecule has 0 aliphatic carbocycles. The molecule has 0 saturated carbocycles. The fraction of sp³-hybridized carbons (Fsp3) is 0.211. The molecule has 25 heavy (non-hydrogen) atoms. The third-order valence-corrected chi connectivity index (χ3v) is 4.91. The van der Waals surface area contributed by atoms with Gasteiger partial charge >= 0.3 is 0 Å². The van der Waals surface area contributed by atoms with E-state index in [-0.39, 0.29) is 11.9 Å². The number of thioether (sulfide) groups is 1. The maximum absolute atomic E-state index is 12.5. The lowest BCUT2D eigenvalue weighted by molar-refractivity contribution is -0.128. The summed E-state index contributed by atoms with van der Waals surface area (Å²) in [5.41, 5.74) is 2.07. The average molecular weight is 352 g/mol. The predicted molar refractivity (Wildman–Crippen MR) is 99.7 cm³/mol. The van der Waals surface area contributed by atoms with Gasteiger partial charge in [0.25, 0.3) is 0 Å². The van der Waals surface area contributed by atoms with Crippen molar-refractivity contribution in [3.05, 3.63) is 72.6 Å². The first-order valence-electron chi connectivity index (χ1n) is 8.05. The molecule has 0 spiro atoms. The molecule has 3 aromatic rings. The minimum absolute atomic E-state index is 0.0316. The number of carbonyl (C=O) groups is 1.